The van der Waals surface area contributed by atoms with E-state index in [0.717, 1.165) is 0 Å². The van der Waals surface area contributed by atoms with Crippen LogP contribution in [0.5, 0.6) is 0 Å². The Kier molecular flexibility index (Phi) is 6.17. The second-order valence-electron chi connectivity index (χ2n) is 6.25. The molecule has 1 rings (SSSR count). The van der Waals surface area contributed by atoms with Crippen LogP contribution in [0.15, 0.2) is 0 Å². The van der Waals surface area contributed by atoms with Gasteiger partial charge in [0, 0.05) is 41.3 Å². The van der Waals surface area contributed by atoms with Gasteiger partial charge in [-0.25, -0.2) is 0 Å². The molecule has 0 heterocycles. The molecule has 0 N–H and O–H groups in total. The molecule has 0 amide bonds. The van der Waals surface area contributed by atoms with Gasteiger partial charge in [0.2, 0.25) is 0 Å². The smallest absolute Gasteiger partial charge is 0.172 e. The van der Waals surface area contributed by atoms with Gasteiger partial charge in [-0.15, -0.1) is 0 Å². The Hall–Kier alpha value is -0.240. The fourth-order valence-corrected chi connectivity index (χ4v) is 2.44. The minimum Gasteiger partial charge on any atom is -0.354 e. The van der Waals surface area contributed by atoms with Crippen LogP contribution < -0.4 is 0 Å². The Labute approximate surface area is 128 Å². The minimum absolute atomic E-state index is 0.214. The fourth-order valence-electron chi connectivity index (χ4n) is 2.44. The normalized spacial score (nSPS) is 26.3. The van der Waals surface area contributed by atoms with Crippen molar-refractivity contribution in [3.63, 3.8) is 0 Å². The van der Waals surface area contributed by atoms with Gasteiger partial charge in [-0.05, 0) is 27.7 Å². The average molecular weight is 306 g/mol. The Balaban J connectivity index is 2.89. The van der Waals surface area contributed by atoms with Crippen LogP contribution in [0.3, 0.4) is 0 Å². The van der Waals surface area contributed by atoms with E-state index < -0.39 is 17.4 Å². The van der Waals surface area contributed by atoms with Crippen molar-refractivity contribution in [3.05, 3.63) is 0 Å². The first-order valence-corrected chi connectivity index (χ1v) is 7.19. The standard InChI is InChI=1S/C15H30O6/c1-13(2,16-5)20-11-9-15(18-7,19-8)10-12(11)21-14(3,4)17-6/h11-12H,9-10H2,1-8H3/t11-,12-/m0/s1. The molecular weight excluding hydrogens is 276 g/mol. The predicted octanol–water partition coefficient (Wildman–Crippen LogP) is 2.30. The van der Waals surface area contributed by atoms with Gasteiger partial charge in [0.1, 0.15) is 0 Å². The van der Waals surface area contributed by atoms with E-state index in [0.29, 0.717) is 12.8 Å². The van der Waals surface area contributed by atoms with Gasteiger partial charge in [0.25, 0.3) is 0 Å². The molecule has 2 atom stereocenters. The number of methoxy groups -OCH3 is 4. The summed E-state index contributed by atoms with van der Waals surface area (Å²) < 4.78 is 33.9. The van der Waals surface area contributed by atoms with Gasteiger partial charge in [-0.1, -0.05) is 0 Å². The number of hydrogen-bond donors (Lipinski definition) is 0. The van der Waals surface area contributed by atoms with Crippen LogP contribution in [0, 0.1) is 0 Å². The highest BCUT2D eigenvalue weighted by Gasteiger charge is 2.50. The molecule has 6 heteroatoms. The molecule has 0 saturated heterocycles. The molecule has 1 saturated carbocycles. The van der Waals surface area contributed by atoms with Crippen LogP contribution in [-0.4, -0.2) is 58.0 Å². The third-order valence-electron chi connectivity index (χ3n) is 4.04. The van der Waals surface area contributed by atoms with Gasteiger partial charge >= 0.3 is 0 Å². The zero-order valence-corrected chi connectivity index (χ0v) is 14.5. The highest BCUT2D eigenvalue weighted by molar-refractivity contribution is 4.93. The average Bonchev–Trinajstić information content (AvgIpc) is 2.76. The Bertz CT molecular complexity index is 296. The molecule has 0 radical (unpaired) electrons. The summed E-state index contributed by atoms with van der Waals surface area (Å²) in [7, 11) is 6.49. The minimum atomic E-state index is -0.707. The molecule has 0 unspecified atom stereocenters. The first-order chi connectivity index (χ1) is 9.62. The summed E-state index contributed by atoms with van der Waals surface area (Å²) >= 11 is 0. The van der Waals surface area contributed by atoms with E-state index >= 15 is 0 Å². The fraction of sp³-hybridized carbons (Fsp3) is 1.00. The molecular formula is C15H30O6. The van der Waals surface area contributed by atoms with Crippen LogP contribution in [0.25, 0.3) is 0 Å². The molecule has 1 aliphatic rings. The van der Waals surface area contributed by atoms with E-state index in [1.165, 1.54) is 0 Å². The van der Waals surface area contributed by atoms with Gasteiger partial charge in [0.05, 0.1) is 12.2 Å². The van der Waals surface area contributed by atoms with Crippen molar-refractivity contribution in [2.75, 3.05) is 28.4 Å². The van der Waals surface area contributed by atoms with Gasteiger partial charge in [-0.2, -0.15) is 0 Å². The monoisotopic (exact) mass is 306 g/mol. The first-order valence-electron chi connectivity index (χ1n) is 7.19. The topological polar surface area (TPSA) is 55.4 Å². The number of ether oxygens (including phenoxy) is 6. The predicted molar refractivity (Wildman–Crippen MR) is 77.9 cm³/mol. The van der Waals surface area contributed by atoms with E-state index in [9.17, 15) is 0 Å². The molecule has 0 spiro atoms. The summed E-state index contributed by atoms with van der Waals surface area (Å²) in [4.78, 5) is 0. The molecule has 0 aromatic carbocycles. The second kappa shape index (κ2) is 6.89. The summed E-state index contributed by atoms with van der Waals surface area (Å²) in [5, 5.41) is 0. The van der Waals surface area contributed by atoms with Crippen LogP contribution in [0.1, 0.15) is 40.5 Å². The van der Waals surface area contributed by atoms with Crippen molar-refractivity contribution in [1.82, 2.24) is 0 Å². The number of rotatable bonds is 8. The van der Waals surface area contributed by atoms with E-state index in [-0.39, 0.29) is 12.2 Å². The van der Waals surface area contributed by atoms with E-state index in [2.05, 4.69) is 0 Å². The zero-order valence-electron chi connectivity index (χ0n) is 14.5. The Morgan fingerprint density at radius 3 is 1.29 bits per heavy atom. The molecule has 21 heavy (non-hydrogen) atoms. The van der Waals surface area contributed by atoms with Crippen molar-refractivity contribution in [3.8, 4) is 0 Å². The quantitative estimate of drug-likeness (QED) is 0.641. The zero-order chi connectivity index (χ0) is 16.3. The highest BCUT2D eigenvalue weighted by atomic mass is 16.7. The SMILES string of the molecule is COC(C)(C)O[C@H]1CC(OC)(OC)C[C@@H]1OC(C)(C)OC. The van der Waals surface area contributed by atoms with Crippen molar-refractivity contribution in [1.29, 1.82) is 0 Å². The lowest BCUT2D eigenvalue weighted by Crippen LogP contribution is -2.41. The van der Waals surface area contributed by atoms with E-state index in [1.807, 2.05) is 27.7 Å². The number of hydrogen-bond acceptors (Lipinski definition) is 6. The van der Waals surface area contributed by atoms with Crippen LogP contribution >= 0.6 is 0 Å². The lowest BCUT2D eigenvalue weighted by molar-refractivity contribution is -0.277. The van der Waals surface area contributed by atoms with Crippen LogP contribution in [-0.2, 0) is 28.4 Å². The molecule has 0 aromatic heterocycles. The summed E-state index contributed by atoms with van der Waals surface area (Å²) in [5.41, 5.74) is 0. The lowest BCUT2D eigenvalue weighted by Gasteiger charge is -2.34. The van der Waals surface area contributed by atoms with E-state index in [4.69, 9.17) is 28.4 Å². The largest absolute Gasteiger partial charge is 0.354 e. The van der Waals surface area contributed by atoms with Crippen molar-refractivity contribution in [2.24, 2.45) is 0 Å². The highest BCUT2D eigenvalue weighted by Crippen LogP contribution is 2.40. The molecule has 0 aliphatic heterocycles. The lowest BCUT2D eigenvalue weighted by atomic mass is 10.2. The van der Waals surface area contributed by atoms with Crippen molar-refractivity contribution in [2.45, 2.75) is 70.1 Å². The molecule has 0 bridgehead atoms. The Morgan fingerprint density at radius 2 is 1.05 bits per heavy atom. The third kappa shape index (κ3) is 4.87. The van der Waals surface area contributed by atoms with E-state index in [1.54, 1.807) is 28.4 Å². The third-order valence-corrected chi connectivity index (χ3v) is 4.04. The molecule has 1 fully saturated rings. The van der Waals surface area contributed by atoms with Crippen LogP contribution in [0.4, 0.5) is 0 Å². The second-order valence-corrected chi connectivity index (χ2v) is 6.25. The maximum absolute atomic E-state index is 6.05. The maximum atomic E-state index is 6.05. The molecule has 0 aromatic rings. The molecule has 126 valence electrons. The van der Waals surface area contributed by atoms with Gasteiger partial charge < -0.3 is 28.4 Å². The summed E-state index contributed by atoms with van der Waals surface area (Å²) in [6.07, 6.45) is 0.706. The molecule has 6 nitrogen and oxygen atoms in total. The summed E-state index contributed by atoms with van der Waals surface area (Å²) in [6, 6.07) is 0. The first kappa shape index (κ1) is 18.8. The van der Waals surface area contributed by atoms with Crippen molar-refractivity contribution < 1.29 is 28.4 Å². The summed E-state index contributed by atoms with van der Waals surface area (Å²) in [5.74, 6) is -2.12. The molecule has 1 aliphatic carbocycles. The van der Waals surface area contributed by atoms with Crippen molar-refractivity contribution >= 4 is 0 Å². The van der Waals surface area contributed by atoms with Gasteiger partial charge in [0.15, 0.2) is 17.4 Å². The summed E-state index contributed by atoms with van der Waals surface area (Å²) in [6.45, 7) is 7.46. The van der Waals surface area contributed by atoms with Gasteiger partial charge in [-0.3, -0.25) is 0 Å². The Morgan fingerprint density at radius 1 is 0.714 bits per heavy atom. The van der Waals surface area contributed by atoms with Crippen LogP contribution in [0.2, 0.25) is 0 Å². The maximum Gasteiger partial charge on any atom is 0.172 e.